The first-order valence-electron chi connectivity index (χ1n) is 5.88. The van der Waals surface area contributed by atoms with Crippen molar-refractivity contribution in [2.24, 2.45) is 0 Å². The fourth-order valence-electron chi connectivity index (χ4n) is 1.51. The maximum Gasteiger partial charge on any atom is 0.305 e. The number of hydrogen-bond acceptors (Lipinski definition) is 2. The van der Waals surface area contributed by atoms with Gasteiger partial charge in [0.1, 0.15) is 0 Å². The number of ether oxygens (including phenoxy) is 1. The van der Waals surface area contributed by atoms with Gasteiger partial charge in [-0.1, -0.05) is 51.9 Å². The van der Waals surface area contributed by atoms with Gasteiger partial charge in [-0.15, -0.1) is 17.0 Å². The maximum atomic E-state index is 10.8. The molecule has 0 aliphatic rings. The van der Waals surface area contributed by atoms with Crippen LogP contribution in [-0.4, -0.2) is 13.1 Å². The van der Waals surface area contributed by atoms with Crippen LogP contribution in [0.2, 0.25) is 0 Å². The summed E-state index contributed by atoms with van der Waals surface area (Å²) < 4.78 is 4.57. The molecule has 0 atom stereocenters. The highest BCUT2D eigenvalue weighted by atomic mass is 79.9. The summed E-state index contributed by atoms with van der Waals surface area (Å²) in [6, 6.07) is 0. The van der Waals surface area contributed by atoms with Crippen molar-refractivity contribution < 1.29 is 9.53 Å². The van der Waals surface area contributed by atoms with Crippen LogP contribution in [0.5, 0.6) is 0 Å². The molecule has 0 saturated heterocycles. The number of carbonyl (C=O) groups excluding carboxylic acids is 1. The first-order valence-corrected chi connectivity index (χ1v) is 5.88. The van der Waals surface area contributed by atoms with Crippen LogP contribution in [0.25, 0.3) is 0 Å². The summed E-state index contributed by atoms with van der Waals surface area (Å²) in [6.07, 6.45) is 10.7. The Morgan fingerprint density at radius 1 is 0.933 bits per heavy atom. The lowest BCUT2D eigenvalue weighted by Crippen LogP contribution is -1.99. The van der Waals surface area contributed by atoms with Gasteiger partial charge >= 0.3 is 5.97 Å². The summed E-state index contributed by atoms with van der Waals surface area (Å²) in [7, 11) is 1.45. The van der Waals surface area contributed by atoms with Crippen LogP contribution in [0, 0.1) is 0 Å². The Kier molecular flexibility index (Phi) is 16.1. The molecule has 0 N–H and O–H groups in total. The number of esters is 1. The van der Waals surface area contributed by atoms with Crippen LogP contribution in [-0.2, 0) is 9.53 Å². The van der Waals surface area contributed by atoms with Crippen LogP contribution < -0.4 is 0 Å². The van der Waals surface area contributed by atoms with E-state index in [0.717, 1.165) is 6.42 Å². The molecule has 3 heteroatoms. The van der Waals surface area contributed by atoms with Crippen LogP contribution in [0.1, 0.15) is 64.7 Å². The molecule has 0 aliphatic heterocycles. The Morgan fingerprint density at radius 3 is 1.87 bits per heavy atom. The lowest BCUT2D eigenvalue weighted by atomic mass is 10.1. The summed E-state index contributed by atoms with van der Waals surface area (Å²) in [4.78, 5) is 10.8. The molecule has 0 heterocycles. The van der Waals surface area contributed by atoms with Crippen molar-refractivity contribution >= 4 is 23.0 Å². The highest BCUT2D eigenvalue weighted by molar-refractivity contribution is 8.93. The highest BCUT2D eigenvalue weighted by Gasteiger charge is 1.98. The van der Waals surface area contributed by atoms with Crippen molar-refractivity contribution in [2.45, 2.75) is 64.7 Å². The van der Waals surface area contributed by atoms with Gasteiger partial charge in [0.15, 0.2) is 0 Å². The Balaban J connectivity index is 0. The molecule has 0 bridgehead atoms. The summed E-state index contributed by atoms with van der Waals surface area (Å²) >= 11 is 0. The van der Waals surface area contributed by atoms with Gasteiger partial charge in [0, 0.05) is 6.42 Å². The number of methoxy groups -OCH3 is 1. The van der Waals surface area contributed by atoms with Crippen LogP contribution >= 0.6 is 17.0 Å². The first-order chi connectivity index (χ1) is 6.81. The molecule has 0 aliphatic carbocycles. The molecule has 0 rings (SSSR count). The van der Waals surface area contributed by atoms with Crippen molar-refractivity contribution in [1.82, 2.24) is 0 Å². The molecule has 2 nitrogen and oxygen atoms in total. The fraction of sp³-hybridized carbons (Fsp3) is 0.917. The molecule has 0 aromatic carbocycles. The zero-order valence-electron chi connectivity index (χ0n) is 10.1. The lowest BCUT2D eigenvalue weighted by Gasteiger charge is -2.00. The minimum atomic E-state index is -0.0732. The summed E-state index contributed by atoms with van der Waals surface area (Å²) in [5.41, 5.74) is 0. The van der Waals surface area contributed by atoms with Gasteiger partial charge in [-0.05, 0) is 6.42 Å². The third-order valence-corrected chi connectivity index (χ3v) is 2.46. The zero-order chi connectivity index (χ0) is 10.6. The van der Waals surface area contributed by atoms with Gasteiger partial charge in [0.2, 0.25) is 0 Å². The Morgan fingerprint density at radius 2 is 1.40 bits per heavy atom. The molecule has 0 amide bonds. The molecule has 0 unspecified atom stereocenters. The molecule has 0 spiro atoms. The summed E-state index contributed by atoms with van der Waals surface area (Å²) in [5, 5.41) is 0. The molecular formula is C12H25BrO2. The number of halogens is 1. The maximum absolute atomic E-state index is 10.8. The van der Waals surface area contributed by atoms with Crippen molar-refractivity contribution in [3.8, 4) is 0 Å². The van der Waals surface area contributed by atoms with Crippen LogP contribution in [0.4, 0.5) is 0 Å². The second-order valence-electron chi connectivity index (χ2n) is 3.80. The smallest absolute Gasteiger partial charge is 0.305 e. The molecule has 92 valence electrons. The van der Waals surface area contributed by atoms with E-state index in [0.29, 0.717) is 6.42 Å². The third-order valence-electron chi connectivity index (χ3n) is 2.46. The molecule has 0 saturated carbocycles. The Bertz CT molecular complexity index is 138. The average Bonchev–Trinajstić information content (AvgIpc) is 2.21. The zero-order valence-corrected chi connectivity index (χ0v) is 11.8. The van der Waals surface area contributed by atoms with Crippen molar-refractivity contribution in [2.75, 3.05) is 7.11 Å². The van der Waals surface area contributed by atoms with Gasteiger partial charge in [0.05, 0.1) is 7.11 Å². The second kappa shape index (κ2) is 13.9. The molecule has 0 aromatic heterocycles. The van der Waals surface area contributed by atoms with E-state index in [4.69, 9.17) is 0 Å². The monoisotopic (exact) mass is 280 g/mol. The van der Waals surface area contributed by atoms with E-state index in [-0.39, 0.29) is 23.0 Å². The predicted octanol–water partition coefficient (Wildman–Crippen LogP) is 4.27. The number of hydrogen-bond donors (Lipinski definition) is 0. The van der Waals surface area contributed by atoms with E-state index in [1.54, 1.807) is 0 Å². The Labute approximate surface area is 105 Å². The van der Waals surface area contributed by atoms with Gasteiger partial charge in [0.25, 0.3) is 0 Å². The van der Waals surface area contributed by atoms with Crippen molar-refractivity contribution in [1.29, 1.82) is 0 Å². The molecule has 0 aromatic rings. The molecule has 15 heavy (non-hydrogen) atoms. The number of rotatable bonds is 9. The normalized spacial score (nSPS) is 9.47. The van der Waals surface area contributed by atoms with Crippen LogP contribution in [0.3, 0.4) is 0 Å². The van der Waals surface area contributed by atoms with E-state index >= 15 is 0 Å². The van der Waals surface area contributed by atoms with Crippen molar-refractivity contribution in [3.63, 3.8) is 0 Å². The standard InChI is InChI=1S/C12H24O2.BrH/c1-3-4-5-6-7-8-9-10-11-12(13)14-2;/h3-11H2,1-2H3;1H. The van der Waals surface area contributed by atoms with Crippen LogP contribution in [0.15, 0.2) is 0 Å². The van der Waals surface area contributed by atoms with E-state index in [2.05, 4.69) is 11.7 Å². The van der Waals surface area contributed by atoms with Gasteiger partial charge in [-0.3, -0.25) is 4.79 Å². The van der Waals surface area contributed by atoms with E-state index in [1.807, 2.05) is 0 Å². The predicted molar refractivity (Wildman–Crippen MR) is 69.6 cm³/mol. The van der Waals surface area contributed by atoms with Gasteiger partial charge in [-0.2, -0.15) is 0 Å². The molecule has 0 radical (unpaired) electrons. The summed E-state index contributed by atoms with van der Waals surface area (Å²) in [5.74, 6) is -0.0732. The minimum absolute atomic E-state index is 0. The molecule has 0 fully saturated rings. The SMILES string of the molecule is Br.CCCCCCCCCCC(=O)OC. The second-order valence-corrected chi connectivity index (χ2v) is 3.80. The van der Waals surface area contributed by atoms with E-state index in [1.165, 1.54) is 52.1 Å². The topological polar surface area (TPSA) is 26.3 Å². The van der Waals surface area contributed by atoms with E-state index < -0.39 is 0 Å². The van der Waals surface area contributed by atoms with E-state index in [9.17, 15) is 4.79 Å². The lowest BCUT2D eigenvalue weighted by molar-refractivity contribution is -0.140. The quantitative estimate of drug-likeness (QED) is 0.466. The average molecular weight is 281 g/mol. The third kappa shape index (κ3) is 14.0. The van der Waals surface area contributed by atoms with Gasteiger partial charge in [-0.25, -0.2) is 0 Å². The van der Waals surface area contributed by atoms with Gasteiger partial charge < -0.3 is 4.74 Å². The fourth-order valence-corrected chi connectivity index (χ4v) is 1.51. The molecular weight excluding hydrogens is 256 g/mol. The number of unbranched alkanes of at least 4 members (excludes halogenated alkanes) is 7. The highest BCUT2D eigenvalue weighted by Crippen LogP contribution is 2.09. The largest absolute Gasteiger partial charge is 0.469 e. The number of carbonyl (C=O) groups is 1. The first kappa shape index (κ1) is 17.3. The van der Waals surface area contributed by atoms with Crippen molar-refractivity contribution in [3.05, 3.63) is 0 Å². The summed E-state index contributed by atoms with van der Waals surface area (Å²) in [6.45, 7) is 2.23. The minimum Gasteiger partial charge on any atom is -0.469 e. The Hall–Kier alpha value is -0.0500.